The highest BCUT2D eigenvalue weighted by atomic mass is 32.1. The van der Waals surface area contributed by atoms with Crippen LogP contribution >= 0.6 is 11.3 Å². The first-order valence-corrected chi connectivity index (χ1v) is 6.74. The smallest absolute Gasteiger partial charge is 0.226 e. The summed E-state index contributed by atoms with van der Waals surface area (Å²) >= 11 is 1.10. The molecule has 0 spiro atoms. The number of nitrogens with one attached hydrogen (secondary N) is 1. The van der Waals surface area contributed by atoms with E-state index in [1.807, 2.05) is 12.1 Å². The molecular weight excluding hydrogens is 274 g/mol. The lowest BCUT2D eigenvalue weighted by Crippen LogP contribution is -2.13. The average Bonchev–Trinajstić information content (AvgIpc) is 2.93. The number of ketones is 1. The lowest BCUT2D eigenvalue weighted by Gasteiger charge is -2.01. The second-order valence-electron chi connectivity index (χ2n) is 3.98. The predicted molar refractivity (Wildman–Crippen MR) is 75.5 cm³/mol. The van der Waals surface area contributed by atoms with Crippen LogP contribution in [0.4, 0.5) is 5.13 Å². The average molecular weight is 285 g/mol. The van der Waals surface area contributed by atoms with Gasteiger partial charge in [-0.1, -0.05) is 41.7 Å². The molecule has 0 saturated heterocycles. The van der Waals surface area contributed by atoms with E-state index < -0.39 is 0 Å². The molecule has 6 heteroatoms. The molecule has 0 fully saturated rings. The number of thiazole rings is 1. The fourth-order valence-electron chi connectivity index (χ4n) is 1.56. The van der Waals surface area contributed by atoms with Gasteiger partial charge in [-0.05, 0) is 0 Å². The van der Waals surface area contributed by atoms with Gasteiger partial charge in [-0.15, -0.1) is 0 Å². The third-order valence-electron chi connectivity index (χ3n) is 2.54. The summed E-state index contributed by atoms with van der Waals surface area (Å²) in [4.78, 5) is 27.8. The molecule has 0 atom stereocenters. The van der Waals surface area contributed by atoms with Crippen molar-refractivity contribution in [3.63, 3.8) is 0 Å². The van der Waals surface area contributed by atoms with E-state index in [-0.39, 0.29) is 24.5 Å². The van der Waals surface area contributed by atoms with Crippen LogP contribution in [0, 0.1) is 11.3 Å². The summed E-state index contributed by atoms with van der Waals surface area (Å²) in [7, 11) is 0. The molecule has 1 aromatic heterocycles. The highest BCUT2D eigenvalue weighted by molar-refractivity contribution is 7.16. The number of rotatable bonds is 5. The lowest BCUT2D eigenvalue weighted by atomic mass is 10.1. The van der Waals surface area contributed by atoms with Crippen LogP contribution in [-0.4, -0.2) is 16.7 Å². The fraction of sp³-hybridized carbons (Fsp3) is 0.143. The number of nitrogens with zero attached hydrogens (tertiary/aromatic N) is 2. The Kier molecular flexibility index (Phi) is 4.58. The first kappa shape index (κ1) is 13.9. The Morgan fingerprint density at radius 3 is 2.65 bits per heavy atom. The minimum atomic E-state index is -0.284. The zero-order chi connectivity index (χ0) is 14.4. The van der Waals surface area contributed by atoms with Crippen molar-refractivity contribution in [1.29, 1.82) is 5.26 Å². The molecule has 2 aromatic rings. The molecule has 1 heterocycles. The maximum Gasteiger partial charge on any atom is 0.226 e. The molecule has 0 aliphatic heterocycles. The SMILES string of the molecule is N#Cc1cnc(NC(=O)CCC(=O)c2ccccc2)s1. The number of Topliss-reactive ketones (excluding diaryl/α,β-unsaturated/α-hetero) is 1. The molecule has 100 valence electrons. The molecule has 0 radical (unpaired) electrons. The summed E-state index contributed by atoms with van der Waals surface area (Å²) in [6.07, 6.45) is 1.64. The van der Waals surface area contributed by atoms with Crippen molar-refractivity contribution in [3.05, 3.63) is 47.0 Å². The van der Waals surface area contributed by atoms with Crippen molar-refractivity contribution in [2.45, 2.75) is 12.8 Å². The van der Waals surface area contributed by atoms with Crippen LogP contribution in [0.5, 0.6) is 0 Å². The zero-order valence-electron chi connectivity index (χ0n) is 10.5. The summed E-state index contributed by atoms with van der Waals surface area (Å²) < 4.78 is 0. The normalized spacial score (nSPS) is 9.75. The van der Waals surface area contributed by atoms with E-state index >= 15 is 0 Å². The minimum Gasteiger partial charge on any atom is -0.302 e. The van der Waals surface area contributed by atoms with E-state index in [9.17, 15) is 9.59 Å². The Bertz CT molecular complexity index is 659. The zero-order valence-corrected chi connectivity index (χ0v) is 11.3. The van der Waals surface area contributed by atoms with Gasteiger partial charge in [0.05, 0.1) is 6.20 Å². The van der Waals surface area contributed by atoms with E-state index in [2.05, 4.69) is 10.3 Å². The minimum absolute atomic E-state index is 0.0717. The van der Waals surface area contributed by atoms with E-state index in [1.54, 1.807) is 24.3 Å². The molecule has 2 rings (SSSR count). The van der Waals surface area contributed by atoms with Crippen molar-refractivity contribution in [1.82, 2.24) is 4.98 Å². The van der Waals surface area contributed by atoms with Gasteiger partial charge in [0.2, 0.25) is 5.91 Å². The number of hydrogen-bond donors (Lipinski definition) is 1. The van der Waals surface area contributed by atoms with E-state index in [1.165, 1.54) is 6.20 Å². The largest absolute Gasteiger partial charge is 0.302 e. The third kappa shape index (κ3) is 3.73. The molecule has 0 saturated carbocycles. The van der Waals surface area contributed by atoms with Gasteiger partial charge in [-0.25, -0.2) is 4.98 Å². The molecule has 1 aromatic carbocycles. The number of nitriles is 1. The Labute approximate surface area is 119 Å². The van der Waals surface area contributed by atoms with Gasteiger partial charge in [0, 0.05) is 18.4 Å². The van der Waals surface area contributed by atoms with Gasteiger partial charge in [0.25, 0.3) is 0 Å². The molecule has 0 bridgehead atoms. The van der Waals surface area contributed by atoms with Gasteiger partial charge in [0.15, 0.2) is 10.9 Å². The van der Waals surface area contributed by atoms with Gasteiger partial charge in [0.1, 0.15) is 10.9 Å². The second kappa shape index (κ2) is 6.59. The summed E-state index contributed by atoms with van der Waals surface area (Å²) in [6.45, 7) is 0. The lowest BCUT2D eigenvalue weighted by molar-refractivity contribution is -0.116. The second-order valence-corrected chi connectivity index (χ2v) is 5.01. The van der Waals surface area contributed by atoms with Gasteiger partial charge < -0.3 is 5.32 Å². The highest BCUT2D eigenvalue weighted by Gasteiger charge is 2.10. The Morgan fingerprint density at radius 2 is 2.00 bits per heavy atom. The van der Waals surface area contributed by atoms with Crippen molar-refractivity contribution >= 4 is 28.2 Å². The number of carbonyl (C=O) groups excluding carboxylic acids is 2. The van der Waals surface area contributed by atoms with Crippen LogP contribution in [0.2, 0.25) is 0 Å². The van der Waals surface area contributed by atoms with Crippen molar-refractivity contribution in [3.8, 4) is 6.07 Å². The Morgan fingerprint density at radius 1 is 1.25 bits per heavy atom. The van der Waals surface area contributed by atoms with Crippen LogP contribution < -0.4 is 5.32 Å². The first-order chi connectivity index (χ1) is 9.69. The van der Waals surface area contributed by atoms with Gasteiger partial charge in [-0.2, -0.15) is 5.26 Å². The topological polar surface area (TPSA) is 82.8 Å². The predicted octanol–water partition coefficient (Wildman–Crippen LogP) is 2.62. The summed E-state index contributed by atoms with van der Waals surface area (Å²) in [5.74, 6) is -0.356. The molecular formula is C14H11N3O2S. The number of aromatic nitrogens is 1. The number of hydrogen-bond acceptors (Lipinski definition) is 5. The molecule has 20 heavy (non-hydrogen) atoms. The van der Waals surface area contributed by atoms with Crippen LogP contribution in [0.1, 0.15) is 28.1 Å². The maximum atomic E-state index is 11.8. The Hall–Kier alpha value is -2.52. The van der Waals surface area contributed by atoms with Crippen LogP contribution in [-0.2, 0) is 4.79 Å². The van der Waals surface area contributed by atoms with Crippen LogP contribution in [0.3, 0.4) is 0 Å². The molecule has 0 aliphatic rings. The van der Waals surface area contributed by atoms with E-state index in [0.717, 1.165) is 11.3 Å². The van der Waals surface area contributed by atoms with Gasteiger partial charge >= 0.3 is 0 Å². The van der Waals surface area contributed by atoms with Crippen molar-refractivity contribution in [2.24, 2.45) is 0 Å². The first-order valence-electron chi connectivity index (χ1n) is 5.93. The molecule has 1 amide bonds. The van der Waals surface area contributed by atoms with Crippen molar-refractivity contribution < 1.29 is 9.59 Å². The van der Waals surface area contributed by atoms with Crippen molar-refractivity contribution in [2.75, 3.05) is 5.32 Å². The molecule has 0 aliphatic carbocycles. The fourth-order valence-corrected chi connectivity index (χ4v) is 2.19. The summed E-state index contributed by atoms with van der Waals surface area (Å²) in [5.41, 5.74) is 0.598. The highest BCUT2D eigenvalue weighted by Crippen LogP contribution is 2.17. The summed E-state index contributed by atoms with van der Waals surface area (Å²) in [5, 5.41) is 11.6. The van der Waals surface area contributed by atoms with Crippen LogP contribution in [0.25, 0.3) is 0 Å². The molecule has 0 unspecified atom stereocenters. The number of benzene rings is 1. The van der Waals surface area contributed by atoms with E-state index in [4.69, 9.17) is 5.26 Å². The number of anilines is 1. The molecule has 5 nitrogen and oxygen atoms in total. The van der Waals surface area contributed by atoms with Crippen LogP contribution in [0.15, 0.2) is 36.5 Å². The Balaban J connectivity index is 1.84. The summed E-state index contributed by atoms with van der Waals surface area (Å²) in [6, 6.07) is 10.8. The number of amides is 1. The monoisotopic (exact) mass is 285 g/mol. The molecule has 1 N–H and O–H groups in total. The quantitative estimate of drug-likeness (QED) is 0.856. The maximum absolute atomic E-state index is 11.8. The standard InChI is InChI=1S/C14H11N3O2S/c15-8-11-9-16-14(20-11)17-13(19)7-6-12(18)10-4-2-1-3-5-10/h1-5,9H,6-7H2,(H,16,17,19). The third-order valence-corrected chi connectivity index (χ3v) is 3.35. The number of carbonyl (C=O) groups is 2. The van der Waals surface area contributed by atoms with Gasteiger partial charge in [-0.3, -0.25) is 9.59 Å². The van der Waals surface area contributed by atoms with E-state index in [0.29, 0.717) is 15.6 Å².